The Hall–Kier alpha value is -1.91. The maximum atomic E-state index is 12.5. The number of amides is 1. The molecule has 0 atom stereocenters. The van der Waals surface area contributed by atoms with Gasteiger partial charge in [0.25, 0.3) is 5.91 Å². The summed E-state index contributed by atoms with van der Waals surface area (Å²) in [6, 6.07) is 5.49. The first-order valence-corrected chi connectivity index (χ1v) is 8.78. The number of hydrogen-bond acceptors (Lipinski definition) is 3. The summed E-state index contributed by atoms with van der Waals surface area (Å²) in [7, 11) is 0. The van der Waals surface area contributed by atoms with Gasteiger partial charge >= 0.3 is 0 Å². The number of fused-ring (bicyclic) bond motifs is 1. The molecule has 2 aromatic rings. The van der Waals surface area contributed by atoms with Crippen LogP contribution in [0.25, 0.3) is 11.0 Å². The maximum absolute atomic E-state index is 12.5. The Morgan fingerprint density at radius 2 is 1.74 bits per heavy atom. The molecular formula is C18H22N4O. The van der Waals surface area contributed by atoms with E-state index in [9.17, 15) is 4.79 Å². The molecule has 1 heterocycles. The summed E-state index contributed by atoms with van der Waals surface area (Å²) < 4.78 is 0. The summed E-state index contributed by atoms with van der Waals surface area (Å²) in [4.78, 5) is 12.5. The molecule has 120 valence electrons. The number of hydrogen-bond donors (Lipinski definition) is 2. The van der Waals surface area contributed by atoms with Crippen LogP contribution in [-0.2, 0) is 0 Å². The van der Waals surface area contributed by atoms with Gasteiger partial charge in [-0.2, -0.15) is 15.4 Å². The predicted molar refractivity (Wildman–Crippen MR) is 86.8 cm³/mol. The van der Waals surface area contributed by atoms with Crippen molar-refractivity contribution in [1.29, 1.82) is 0 Å². The van der Waals surface area contributed by atoms with E-state index in [2.05, 4.69) is 20.7 Å². The second-order valence-electron chi connectivity index (χ2n) is 8.13. The van der Waals surface area contributed by atoms with Crippen LogP contribution in [0.1, 0.15) is 48.9 Å². The lowest BCUT2D eigenvalue weighted by Crippen LogP contribution is -2.51. The van der Waals surface area contributed by atoms with Gasteiger partial charge in [0.15, 0.2) is 0 Å². The number of aromatic nitrogens is 3. The smallest absolute Gasteiger partial charge is 0.251 e. The molecule has 4 aliphatic rings. The summed E-state index contributed by atoms with van der Waals surface area (Å²) in [6.45, 7) is 0.839. The molecule has 5 nitrogen and oxygen atoms in total. The molecule has 0 saturated heterocycles. The minimum atomic E-state index is 0.0191. The molecule has 0 radical (unpaired) electrons. The third-order valence-electron chi connectivity index (χ3n) is 6.37. The normalized spacial score (nSPS) is 34.9. The zero-order valence-corrected chi connectivity index (χ0v) is 13.2. The second-order valence-corrected chi connectivity index (χ2v) is 8.13. The Morgan fingerprint density at radius 3 is 2.43 bits per heavy atom. The molecule has 4 fully saturated rings. The number of nitrogens with one attached hydrogen (secondary N) is 2. The number of aromatic amines is 1. The zero-order valence-electron chi connectivity index (χ0n) is 13.2. The Balaban J connectivity index is 1.31. The van der Waals surface area contributed by atoms with E-state index in [0.717, 1.165) is 35.3 Å². The lowest BCUT2D eigenvalue weighted by atomic mass is 9.49. The molecule has 0 unspecified atom stereocenters. The largest absolute Gasteiger partial charge is 0.351 e. The first kappa shape index (κ1) is 13.5. The Morgan fingerprint density at radius 1 is 1.09 bits per heavy atom. The lowest BCUT2D eigenvalue weighted by Gasteiger charge is -2.56. The van der Waals surface area contributed by atoms with Crippen molar-refractivity contribution in [3.8, 4) is 0 Å². The van der Waals surface area contributed by atoms with E-state index < -0.39 is 0 Å². The lowest BCUT2D eigenvalue weighted by molar-refractivity contribution is -0.0503. The van der Waals surface area contributed by atoms with Crippen molar-refractivity contribution in [3.63, 3.8) is 0 Å². The fourth-order valence-corrected chi connectivity index (χ4v) is 5.86. The van der Waals surface area contributed by atoms with Gasteiger partial charge in [0.05, 0.1) is 0 Å². The highest BCUT2D eigenvalue weighted by Crippen LogP contribution is 2.59. The Kier molecular flexibility index (Phi) is 2.82. The number of nitrogens with zero attached hydrogens (tertiary/aromatic N) is 2. The first-order valence-electron chi connectivity index (χ1n) is 8.78. The monoisotopic (exact) mass is 310 g/mol. The number of carbonyl (C=O) groups excluding carboxylic acids is 1. The van der Waals surface area contributed by atoms with Crippen LogP contribution < -0.4 is 5.32 Å². The standard InChI is InChI=1S/C18H22N4O/c23-17(14-1-2-15-16(6-14)21-22-20-15)19-10-18-7-11-3-12(8-18)5-13(4-11)9-18/h1-2,6,11-13H,3-5,7-10H2,(H,19,23)(H,20,21,22). The van der Waals surface area contributed by atoms with E-state index in [4.69, 9.17) is 0 Å². The van der Waals surface area contributed by atoms with Crippen molar-refractivity contribution < 1.29 is 4.79 Å². The minimum absolute atomic E-state index is 0.0191. The number of benzene rings is 1. The fraction of sp³-hybridized carbons (Fsp3) is 0.611. The van der Waals surface area contributed by atoms with Crippen LogP contribution in [0.5, 0.6) is 0 Å². The van der Waals surface area contributed by atoms with Gasteiger partial charge in [0.2, 0.25) is 0 Å². The Bertz CT molecular complexity index is 730. The molecule has 0 aliphatic heterocycles. The molecule has 4 saturated carbocycles. The number of carbonyl (C=O) groups is 1. The van der Waals surface area contributed by atoms with Gasteiger partial charge < -0.3 is 5.32 Å². The topological polar surface area (TPSA) is 70.7 Å². The van der Waals surface area contributed by atoms with Crippen LogP contribution in [0.2, 0.25) is 0 Å². The van der Waals surface area contributed by atoms with E-state index in [1.807, 2.05) is 18.2 Å². The molecule has 1 aromatic carbocycles. The van der Waals surface area contributed by atoms with Gasteiger partial charge in [0, 0.05) is 12.1 Å². The summed E-state index contributed by atoms with van der Waals surface area (Å²) >= 11 is 0. The fourth-order valence-electron chi connectivity index (χ4n) is 5.86. The van der Waals surface area contributed by atoms with Crippen molar-refractivity contribution >= 4 is 16.9 Å². The molecule has 0 spiro atoms. The van der Waals surface area contributed by atoms with E-state index in [0.29, 0.717) is 11.0 Å². The molecule has 4 aliphatic carbocycles. The van der Waals surface area contributed by atoms with Gasteiger partial charge in [-0.1, -0.05) is 0 Å². The second kappa shape index (κ2) is 4.79. The maximum Gasteiger partial charge on any atom is 0.251 e. The third-order valence-corrected chi connectivity index (χ3v) is 6.37. The van der Waals surface area contributed by atoms with Gasteiger partial charge in [-0.3, -0.25) is 4.79 Å². The molecule has 1 amide bonds. The highest BCUT2D eigenvalue weighted by atomic mass is 16.1. The van der Waals surface area contributed by atoms with Crippen LogP contribution in [0, 0.1) is 23.2 Å². The molecule has 1 aromatic heterocycles. The minimum Gasteiger partial charge on any atom is -0.351 e. The zero-order chi connectivity index (χ0) is 15.4. The Labute approximate surface area is 135 Å². The molecule has 23 heavy (non-hydrogen) atoms. The highest BCUT2D eigenvalue weighted by molar-refractivity contribution is 5.97. The van der Waals surface area contributed by atoms with Crippen molar-refractivity contribution in [2.75, 3.05) is 6.54 Å². The van der Waals surface area contributed by atoms with Gasteiger partial charge in [-0.05, 0) is 79.9 Å². The van der Waals surface area contributed by atoms with E-state index in [1.165, 1.54) is 38.5 Å². The molecule has 6 rings (SSSR count). The van der Waals surface area contributed by atoms with Gasteiger partial charge in [-0.25, -0.2) is 0 Å². The number of H-pyrrole nitrogens is 1. The number of rotatable bonds is 3. The van der Waals surface area contributed by atoms with Crippen molar-refractivity contribution in [2.24, 2.45) is 23.2 Å². The summed E-state index contributed by atoms with van der Waals surface area (Å²) in [6.07, 6.45) is 8.28. The summed E-state index contributed by atoms with van der Waals surface area (Å²) in [5.74, 6) is 2.78. The average Bonchev–Trinajstić information content (AvgIpc) is 2.99. The van der Waals surface area contributed by atoms with Crippen molar-refractivity contribution in [3.05, 3.63) is 23.8 Å². The SMILES string of the molecule is O=C(NCC12CC3CC(CC(C3)C1)C2)c1ccc2n[nH]nc2c1. The summed E-state index contributed by atoms with van der Waals surface area (Å²) in [5, 5.41) is 13.9. The van der Waals surface area contributed by atoms with Crippen LogP contribution in [0.15, 0.2) is 18.2 Å². The van der Waals surface area contributed by atoms with Crippen LogP contribution in [0.3, 0.4) is 0 Å². The highest BCUT2D eigenvalue weighted by Gasteiger charge is 2.50. The molecule has 4 bridgehead atoms. The average molecular weight is 310 g/mol. The van der Waals surface area contributed by atoms with E-state index in [1.54, 1.807) is 0 Å². The molecular weight excluding hydrogens is 288 g/mol. The predicted octanol–water partition coefficient (Wildman–Crippen LogP) is 2.90. The summed E-state index contributed by atoms with van der Waals surface area (Å²) in [5.41, 5.74) is 2.59. The third kappa shape index (κ3) is 2.25. The van der Waals surface area contributed by atoms with Crippen molar-refractivity contribution in [1.82, 2.24) is 20.7 Å². The van der Waals surface area contributed by atoms with Gasteiger partial charge in [-0.15, -0.1) is 0 Å². The van der Waals surface area contributed by atoms with Crippen LogP contribution in [-0.4, -0.2) is 27.9 Å². The van der Waals surface area contributed by atoms with Crippen molar-refractivity contribution in [2.45, 2.75) is 38.5 Å². The van der Waals surface area contributed by atoms with Crippen LogP contribution in [0.4, 0.5) is 0 Å². The van der Waals surface area contributed by atoms with Gasteiger partial charge in [0.1, 0.15) is 11.0 Å². The molecule has 2 N–H and O–H groups in total. The molecule has 5 heteroatoms. The van der Waals surface area contributed by atoms with E-state index in [-0.39, 0.29) is 5.91 Å². The van der Waals surface area contributed by atoms with Crippen LogP contribution >= 0.6 is 0 Å². The quantitative estimate of drug-likeness (QED) is 0.915. The first-order chi connectivity index (χ1) is 11.2. The van der Waals surface area contributed by atoms with E-state index >= 15 is 0 Å².